The van der Waals surface area contributed by atoms with Crippen molar-refractivity contribution in [3.05, 3.63) is 9.88 Å². The molecule has 1 atom stereocenters. The Hall–Kier alpha value is -0.610. The van der Waals surface area contributed by atoms with Crippen molar-refractivity contribution in [1.82, 2.24) is 4.98 Å². The number of thiazole rings is 1. The molecular formula is C9H16N2OS. The Morgan fingerprint density at radius 2 is 2.31 bits per heavy atom. The number of nitrogen functional groups attached to an aromatic ring is 1. The van der Waals surface area contributed by atoms with Crippen LogP contribution in [0.1, 0.15) is 35.8 Å². The molecule has 0 aliphatic heterocycles. The zero-order chi connectivity index (χ0) is 9.84. The van der Waals surface area contributed by atoms with Crippen molar-refractivity contribution in [2.75, 3.05) is 12.8 Å². The molecule has 13 heavy (non-hydrogen) atoms. The third kappa shape index (κ3) is 2.42. The molecule has 0 bridgehead atoms. The Kier molecular flexibility index (Phi) is 3.69. The summed E-state index contributed by atoms with van der Waals surface area (Å²) >= 11 is 1.63. The Balaban J connectivity index is 2.78. The monoisotopic (exact) mass is 200 g/mol. The highest BCUT2D eigenvalue weighted by atomic mass is 32.1. The van der Waals surface area contributed by atoms with Gasteiger partial charge in [-0.05, 0) is 13.3 Å². The van der Waals surface area contributed by atoms with Crippen molar-refractivity contribution in [2.45, 2.75) is 32.8 Å². The van der Waals surface area contributed by atoms with Crippen molar-refractivity contribution >= 4 is 17.2 Å². The van der Waals surface area contributed by atoms with E-state index in [1.165, 1.54) is 0 Å². The molecule has 0 aliphatic rings. The molecule has 0 fully saturated rings. The largest absolute Gasteiger partial charge is 0.383 e. The molecule has 2 N–H and O–H groups in total. The fourth-order valence-electron chi connectivity index (χ4n) is 1.17. The van der Waals surface area contributed by atoms with Gasteiger partial charge < -0.3 is 10.5 Å². The molecule has 1 aromatic heterocycles. The predicted octanol–water partition coefficient (Wildman–Crippen LogP) is 2.52. The fraction of sp³-hybridized carbons (Fsp3) is 0.667. The Labute approximate surface area is 82.9 Å². The molecule has 74 valence electrons. The minimum absolute atomic E-state index is 0.117. The van der Waals surface area contributed by atoms with Gasteiger partial charge in [-0.15, -0.1) is 11.3 Å². The van der Waals surface area contributed by atoms with Gasteiger partial charge in [0.25, 0.3) is 0 Å². The van der Waals surface area contributed by atoms with E-state index in [9.17, 15) is 0 Å². The minimum atomic E-state index is 0.117. The number of aromatic nitrogens is 1. The number of ether oxygens (including phenoxy) is 1. The van der Waals surface area contributed by atoms with Crippen LogP contribution in [0.3, 0.4) is 0 Å². The van der Waals surface area contributed by atoms with Gasteiger partial charge in [-0.25, -0.2) is 4.98 Å². The van der Waals surface area contributed by atoms with Gasteiger partial charge in [-0.3, -0.25) is 0 Å². The first-order valence-electron chi connectivity index (χ1n) is 4.44. The van der Waals surface area contributed by atoms with E-state index in [4.69, 9.17) is 10.5 Å². The molecule has 1 unspecified atom stereocenters. The number of hydrogen-bond acceptors (Lipinski definition) is 4. The van der Waals surface area contributed by atoms with Crippen molar-refractivity contribution in [3.8, 4) is 0 Å². The van der Waals surface area contributed by atoms with Gasteiger partial charge in [-0.1, -0.05) is 13.3 Å². The van der Waals surface area contributed by atoms with Crippen LogP contribution in [-0.4, -0.2) is 12.1 Å². The maximum Gasteiger partial charge on any atom is 0.137 e. The van der Waals surface area contributed by atoms with Crippen molar-refractivity contribution in [1.29, 1.82) is 0 Å². The molecule has 0 radical (unpaired) electrons. The Bertz CT molecular complexity index is 253. The van der Waals surface area contributed by atoms with Crippen LogP contribution in [-0.2, 0) is 4.74 Å². The third-order valence-corrected chi connectivity index (χ3v) is 3.04. The first kappa shape index (κ1) is 10.5. The normalized spacial score (nSPS) is 13.2. The average Bonchev–Trinajstić information content (AvgIpc) is 2.43. The van der Waals surface area contributed by atoms with Crippen LogP contribution in [0.25, 0.3) is 0 Å². The highest BCUT2D eigenvalue weighted by Crippen LogP contribution is 2.29. The summed E-state index contributed by atoms with van der Waals surface area (Å²) in [4.78, 5) is 5.35. The summed E-state index contributed by atoms with van der Waals surface area (Å²) in [6, 6.07) is 0. The van der Waals surface area contributed by atoms with Crippen molar-refractivity contribution in [2.24, 2.45) is 0 Å². The highest BCUT2D eigenvalue weighted by molar-refractivity contribution is 7.12. The second kappa shape index (κ2) is 4.58. The Morgan fingerprint density at radius 1 is 1.62 bits per heavy atom. The first-order valence-corrected chi connectivity index (χ1v) is 5.26. The summed E-state index contributed by atoms with van der Waals surface area (Å²) in [7, 11) is 1.72. The summed E-state index contributed by atoms with van der Waals surface area (Å²) in [6.45, 7) is 4.12. The zero-order valence-electron chi connectivity index (χ0n) is 8.33. The van der Waals surface area contributed by atoms with Gasteiger partial charge in [0.05, 0.1) is 0 Å². The van der Waals surface area contributed by atoms with Crippen LogP contribution in [0, 0.1) is 6.92 Å². The topological polar surface area (TPSA) is 48.1 Å². The predicted molar refractivity (Wildman–Crippen MR) is 55.9 cm³/mol. The molecule has 0 amide bonds. The molecule has 1 heterocycles. The van der Waals surface area contributed by atoms with Crippen LogP contribution >= 0.6 is 11.3 Å². The van der Waals surface area contributed by atoms with Gasteiger partial charge in [0.1, 0.15) is 16.9 Å². The number of nitrogens with zero attached hydrogens (tertiary/aromatic N) is 1. The van der Waals surface area contributed by atoms with Crippen LogP contribution in [0.2, 0.25) is 0 Å². The molecule has 0 saturated heterocycles. The van der Waals surface area contributed by atoms with Crippen LogP contribution < -0.4 is 5.73 Å². The van der Waals surface area contributed by atoms with Gasteiger partial charge in [0.2, 0.25) is 0 Å². The molecule has 1 rings (SSSR count). The quantitative estimate of drug-likeness (QED) is 0.812. The smallest absolute Gasteiger partial charge is 0.137 e. The molecule has 0 aliphatic carbocycles. The maximum absolute atomic E-state index is 5.67. The zero-order valence-corrected chi connectivity index (χ0v) is 9.15. The first-order chi connectivity index (χ1) is 6.19. The lowest BCUT2D eigenvalue weighted by Crippen LogP contribution is -2.00. The lowest BCUT2D eigenvalue weighted by Gasteiger charge is -2.09. The van der Waals surface area contributed by atoms with Gasteiger partial charge in [-0.2, -0.15) is 0 Å². The van der Waals surface area contributed by atoms with E-state index in [1.807, 2.05) is 6.92 Å². The number of rotatable bonds is 4. The number of nitrogens with two attached hydrogens (primary N) is 1. The summed E-state index contributed by atoms with van der Waals surface area (Å²) in [5, 5.41) is 0.999. The van der Waals surface area contributed by atoms with Gasteiger partial charge in [0.15, 0.2) is 0 Å². The second-order valence-corrected chi connectivity index (χ2v) is 4.24. The number of methoxy groups -OCH3 is 1. The number of anilines is 1. The third-order valence-electron chi connectivity index (χ3n) is 1.96. The number of aryl methyl sites for hydroxylation is 1. The minimum Gasteiger partial charge on any atom is -0.383 e. The van der Waals surface area contributed by atoms with E-state index in [2.05, 4.69) is 11.9 Å². The molecule has 0 spiro atoms. The molecule has 0 aromatic carbocycles. The van der Waals surface area contributed by atoms with Crippen LogP contribution in [0.15, 0.2) is 0 Å². The lowest BCUT2D eigenvalue weighted by molar-refractivity contribution is 0.0948. The SMILES string of the molecule is CCCC(OC)c1nc(N)c(C)s1. The van der Waals surface area contributed by atoms with E-state index in [1.54, 1.807) is 18.4 Å². The second-order valence-electron chi connectivity index (χ2n) is 3.01. The summed E-state index contributed by atoms with van der Waals surface area (Å²) in [5.74, 6) is 0.637. The van der Waals surface area contributed by atoms with E-state index < -0.39 is 0 Å². The summed E-state index contributed by atoms with van der Waals surface area (Å²) < 4.78 is 5.34. The van der Waals surface area contributed by atoms with Gasteiger partial charge >= 0.3 is 0 Å². The molecular weight excluding hydrogens is 184 g/mol. The average molecular weight is 200 g/mol. The standard InChI is InChI=1S/C9H16N2OS/c1-4-5-7(12-3)9-11-8(10)6(2)13-9/h7H,4-5,10H2,1-3H3. The van der Waals surface area contributed by atoms with Crippen LogP contribution in [0.4, 0.5) is 5.82 Å². The Morgan fingerprint density at radius 3 is 2.69 bits per heavy atom. The van der Waals surface area contributed by atoms with Crippen LogP contribution in [0.5, 0.6) is 0 Å². The van der Waals surface area contributed by atoms with E-state index in [-0.39, 0.29) is 6.10 Å². The van der Waals surface area contributed by atoms with Crippen molar-refractivity contribution in [3.63, 3.8) is 0 Å². The highest BCUT2D eigenvalue weighted by Gasteiger charge is 2.14. The van der Waals surface area contributed by atoms with Gasteiger partial charge in [0, 0.05) is 12.0 Å². The summed E-state index contributed by atoms with van der Waals surface area (Å²) in [5.41, 5.74) is 5.67. The van der Waals surface area contributed by atoms with E-state index >= 15 is 0 Å². The molecule has 0 saturated carbocycles. The molecule has 1 aromatic rings. The van der Waals surface area contributed by atoms with E-state index in [0.29, 0.717) is 5.82 Å². The molecule has 4 heteroatoms. The lowest BCUT2D eigenvalue weighted by atomic mass is 10.2. The maximum atomic E-state index is 5.67. The molecule has 3 nitrogen and oxygen atoms in total. The fourth-order valence-corrected chi connectivity index (χ4v) is 2.12. The van der Waals surface area contributed by atoms with Crippen molar-refractivity contribution < 1.29 is 4.74 Å². The number of hydrogen-bond donors (Lipinski definition) is 1. The van der Waals surface area contributed by atoms with E-state index in [0.717, 1.165) is 22.7 Å². The summed E-state index contributed by atoms with van der Waals surface area (Å²) in [6.07, 6.45) is 2.21.